The maximum atomic E-state index is 10.1. The third kappa shape index (κ3) is 2.70. The summed E-state index contributed by atoms with van der Waals surface area (Å²) < 4.78 is 0. The molecule has 1 aromatic heterocycles. The molecule has 0 aliphatic carbocycles. The molecule has 0 aromatic carbocycles. The standard InChI is InChI=1S/C14H22N4O2/c1-8-4-5-18(7-11(8)19)14-12(13(15)17-20)9(2)6-10(3)16-14/h6,8,11,19-20H,4-5,7H2,1-3H3,(H2,15,17). The Hall–Kier alpha value is -1.82. The van der Waals surface area contributed by atoms with E-state index in [1.807, 2.05) is 31.7 Å². The highest BCUT2D eigenvalue weighted by Crippen LogP contribution is 2.27. The zero-order valence-electron chi connectivity index (χ0n) is 12.2. The number of aromatic nitrogens is 1. The molecule has 6 heteroatoms. The van der Waals surface area contributed by atoms with Crippen molar-refractivity contribution in [3.8, 4) is 0 Å². The lowest BCUT2D eigenvalue weighted by atomic mass is 9.95. The van der Waals surface area contributed by atoms with E-state index in [0.717, 1.165) is 24.2 Å². The molecule has 0 saturated carbocycles. The number of piperidine rings is 1. The van der Waals surface area contributed by atoms with Gasteiger partial charge in [-0.2, -0.15) is 0 Å². The number of amidine groups is 1. The van der Waals surface area contributed by atoms with Crippen molar-refractivity contribution in [2.75, 3.05) is 18.0 Å². The van der Waals surface area contributed by atoms with Crippen molar-refractivity contribution in [2.24, 2.45) is 16.8 Å². The van der Waals surface area contributed by atoms with E-state index in [4.69, 9.17) is 10.9 Å². The molecule has 4 N–H and O–H groups in total. The summed E-state index contributed by atoms with van der Waals surface area (Å²) in [7, 11) is 0. The minimum atomic E-state index is -0.383. The summed E-state index contributed by atoms with van der Waals surface area (Å²) in [6.45, 7) is 7.19. The van der Waals surface area contributed by atoms with Crippen molar-refractivity contribution in [1.82, 2.24) is 4.98 Å². The quantitative estimate of drug-likeness (QED) is 0.325. The Balaban J connectivity index is 2.45. The van der Waals surface area contributed by atoms with Gasteiger partial charge in [-0.05, 0) is 37.8 Å². The van der Waals surface area contributed by atoms with Crippen LogP contribution in [0.2, 0.25) is 0 Å². The van der Waals surface area contributed by atoms with Gasteiger partial charge < -0.3 is 20.9 Å². The minimum absolute atomic E-state index is 0.0538. The second-order valence-corrected chi connectivity index (χ2v) is 5.54. The summed E-state index contributed by atoms with van der Waals surface area (Å²) in [4.78, 5) is 6.54. The van der Waals surface area contributed by atoms with Gasteiger partial charge in [-0.25, -0.2) is 4.98 Å². The molecule has 2 rings (SSSR count). The van der Waals surface area contributed by atoms with Crippen LogP contribution in [0.15, 0.2) is 11.2 Å². The molecule has 1 saturated heterocycles. The molecule has 1 aromatic rings. The van der Waals surface area contributed by atoms with E-state index in [2.05, 4.69) is 10.1 Å². The Bertz CT molecular complexity index is 530. The number of β-amino-alcohol motifs (C(OH)–C–C–N with tert-alkyl or cyclic N) is 1. The van der Waals surface area contributed by atoms with Crippen LogP contribution >= 0.6 is 0 Å². The molecule has 1 aliphatic rings. The van der Waals surface area contributed by atoms with Crippen LogP contribution in [0.1, 0.15) is 30.2 Å². The van der Waals surface area contributed by atoms with E-state index in [1.165, 1.54) is 0 Å². The number of aliphatic hydroxyl groups is 1. The lowest BCUT2D eigenvalue weighted by Gasteiger charge is -2.36. The number of nitrogens with zero attached hydrogens (tertiary/aromatic N) is 3. The summed E-state index contributed by atoms with van der Waals surface area (Å²) in [5.41, 5.74) is 8.21. The summed E-state index contributed by atoms with van der Waals surface area (Å²) in [6.07, 6.45) is 0.511. The van der Waals surface area contributed by atoms with Gasteiger partial charge in [-0.1, -0.05) is 12.1 Å². The summed E-state index contributed by atoms with van der Waals surface area (Å²) in [6, 6.07) is 1.90. The first-order valence-electron chi connectivity index (χ1n) is 6.83. The van der Waals surface area contributed by atoms with Crippen LogP contribution in [-0.2, 0) is 0 Å². The zero-order valence-corrected chi connectivity index (χ0v) is 12.2. The molecule has 2 atom stereocenters. The molecule has 0 bridgehead atoms. The number of aliphatic hydroxyl groups excluding tert-OH is 1. The Morgan fingerprint density at radius 3 is 2.80 bits per heavy atom. The van der Waals surface area contributed by atoms with Gasteiger partial charge in [-0.15, -0.1) is 0 Å². The predicted molar refractivity (Wildman–Crippen MR) is 78.2 cm³/mol. The molecular formula is C14H22N4O2. The van der Waals surface area contributed by atoms with Crippen LogP contribution in [-0.4, -0.2) is 40.3 Å². The fraction of sp³-hybridized carbons (Fsp3) is 0.571. The van der Waals surface area contributed by atoms with Crippen LogP contribution in [0.4, 0.5) is 5.82 Å². The van der Waals surface area contributed by atoms with Crippen LogP contribution in [0.5, 0.6) is 0 Å². The molecule has 0 spiro atoms. The van der Waals surface area contributed by atoms with E-state index in [1.54, 1.807) is 0 Å². The number of anilines is 1. The Morgan fingerprint density at radius 2 is 2.20 bits per heavy atom. The first-order chi connectivity index (χ1) is 9.43. The van der Waals surface area contributed by atoms with E-state index in [9.17, 15) is 5.11 Å². The summed E-state index contributed by atoms with van der Waals surface area (Å²) in [5.74, 6) is 1.02. The Kier molecular flexibility index (Phi) is 4.13. The smallest absolute Gasteiger partial charge is 0.174 e. The minimum Gasteiger partial charge on any atom is -0.409 e. The third-order valence-corrected chi connectivity index (χ3v) is 3.91. The number of rotatable bonds is 2. The third-order valence-electron chi connectivity index (χ3n) is 3.91. The average molecular weight is 278 g/mol. The van der Waals surface area contributed by atoms with E-state index in [-0.39, 0.29) is 17.9 Å². The maximum absolute atomic E-state index is 10.1. The van der Waals surface area contributed by atoms with Gasteiger partial charge in [0, 0.05) is 18.8 Å². The SMILES string of the molecule is Cc1cc(C)c(/C(N)=N/O)c(N2CCC(C)C(O)C2)n1. The molecule has 6 nitrogen and oxygen atoms in total. The maximum Gasteiger partial charge on any atom is 0.174 e. The highest BCUT2D eigenvalue weighted by molar-refractivity contribution is 6.02. The zero-order chi connectivity index (χ0) is 14.9. The Morgan fingerprint density at radius 1 is 1.50 bits per heavy atom. The van der Waals surface area contributed by atoms with Gasteiger partial charge in [0.15, 0.2) is 5.84 Å². The predicted octanol–water partition coefficient (Wildman–Crippen LogP) is 1.00. The molecule has 1 aliphatic heterocycles. The number of oxime groups is 1. The lowest BCUT2D eigenvalue weighted by Crippen LogP contribution is -2.44. The topological polar surface area (TPSA) is 95.0 Å². The normalized spacial score (nSPS) is 24.0. The average Bonchev–Trinajstić information content (AvgIpc) is 2.40. The fourth-order valence-electron chi connectivity index (χ4n) is 2.65. The second-order valence-electron chi connectivity index (χ2n) is 5.54. The molecule has 1 fully saturated rings. The molecular weight excluding hydrogens is 256 g/mol. The highest BCUT2D eigenvalue weighted by atomic mass is 16.4. The van der Waals surface area contributed by atoms with Gasteiger partial charge >= 0.3 is 0 Å². The van der Waals surface area contributed by atoms with Gasteiger partial charge in [0.1, 0.15) is 5.82 Å². The monoisotopic (exact) mass is 278 g/mol. The van der Waals surface area contributed by atoms with Crippen molar-refractivity contribution in [3.05, 3.63) is 22.9 Å². The van der Waals surface area contributed by atoms with Crippen molar-refractivity contribution in [2.45, 2.75) is 33.3 Å². The number of nitrogens with two attached hydrogens (primary N) is 1. The molecule has 110 valence electrons. The molecule has 0 radical (unpaired) electrons. The fourth-order valence-corrected chi connectivity index (χ4v) is 2.65. The molecule has 20 heavy (non-hydrogen) atoms. The van der Waals surface area contributed by atoms with Crippen molar-refractivity contribution in [3.63, 3.8) is 0 Å². The first-order valence-corrected chi connectivity index (χ1v) is 6.83. The van der Waals surface area contributed by atoms with Crippen molar-refractivity contribution in [1.29, 1.82) is 0 Å². The highest BCUT2D eigenvalue weighted by Gasteiger charge is 2.28. The summed E-state index contributed by atoms with van der Waals surface area (Å²) >= 11 is 0. The van der Waals surface area contributed by atoms with Gasteiger partial charge in [0.25, 0.3) is 0 Å². The Labute approximate surface area is 118 Å². The first kappa shape index (κ1) is 14.6. The largest absolute Gasteiger partial charge is 0.409 e. The van der Waals surface area contributed by atoms with E-state index in [0.29, 0.717) is 17.9 Å². The van der Waals surface area contributed by atoms with Crippen LogP contribution in [0.25, 0.3) is 0 Å². The van der Waals surface area contributed by atoms with Crippen LogP contribution < -0.4 is 10.6 Å². The number of hydrogen-bond acceptors (Lipinski definition) is 5. The van der Waals surface area contributed by atoms with Gasteiger partial charge in [-0.3, -0.25) is 0 Å². The van der Waals surface area contributed by atoms with Crippen LogP contribution in [0, 0.1) is 19.8 Å². The lowest BCUT2D eigenvalue weighted by molar-refractivity contribution is 0.102. The van der Waals surface area contributed by atoms with Crippen molar-refractivity contribution < 1.29 is 10.3 Å². The molecule has 2 heterocycles. The summed E-state index contributed by atoms with van der Waals surface area (Å²) in [5, 5.41) is 22.1. The molecule has 0 amide bonds. The number of pyridine rings is 1. The second kappa shape index (κ2) is 5.66. The van der Waals surface area contributed by atoms with E-state index < -0.39 is 0 Å². The number of aryl methyl sites for hydroxylation is 2. The van der Waals surface area contributed by atoms with E-state index >= 15 is 0 Å². The van der Waals surface area contributed by atoms with Crippen molar-refractivity contribution >= 4 is 11.7 Å². The molecule has 2 unspecified atom stereocenters. The van der Waals surface area contributed by atoms with Crippen LogP contribution in [0.3, 0.4) is 0 Å². The van der Waals surface area contributed by atoms with Gasteiger partial charge in [0.2, 0.25) is 0 Å². The number of hydrogen-bond donors (Lipinski definition) is 3. The van der Waals surface area contributed by atoms with Gasteiger partial charge in [0.05, 0.1) is 11.7 Å².